The standard InChI is InChI=1S/C19H27NO2/c1-14(2)22-17-11-9-16(10-12-17)19(21)20-13-5-7-15-6-3-4-8-18(15)20/h9-12,14-15,18H,3-8,13H2,1-2H3/t15-,18+/m0/s1. The molecule has 1 saturated carbocycles. The summed E-state index contributed by atoms with van der Waals surface area (Å²) in [5.41, 5.74) is 0.794. The van der Waals surface area contributed by atoms with Crippen LogP contribution in [0.4, 0.5) is 0 Å². The van der Waals surface area contributed by atoms with E-state index in [2.05, 4.69) is 4.90 Å². The second-order valence-electron chi connectivity index (χ2n) is 6.94. The Morgan fingerprint density at radius 2 is 1.77 bits per heavy atom. The Morgan fingerprint density at radius 1 is 1.09 bits per heavy atom. The van der Waals surface area contributed by atoms with Gasteiger partial charge < -0.3 is 9.64 Å². The van der Waals surface area contributed by atoms with Gasteiger partial charge in [-0.15, -0.1) is 0 Å². The molecule has 1 aliphatic heterocycles. The molecule has 0 N–H and O–H groups in total. The molecule has 3 heteroatoms. The first-order chi connectivity index (χ1) is 10.6. The first kappa shape index (κ1) is 15.4. The third-order valence-electron chi connectivity index (χ3n) is 4.98. The molecule has 0 spiro atoms. The number of likely N-dealkylation sites (tertiary alicyclic amines) is 1. The Balaban J connectivity index is 1.72. The van der Waals surface area contributed by atoms with Crippen LogP contribution in [0.15, 0.2) is 24.3 Å². The zero-order valence-corrected chi connectivity index (χ0v) is 13.8. The van der Waals surface area contributed by atoms with Gasteiger partial charge in [-0.05, 0) is 69.7 Å². The van der Waals surface area contributed by atoms with E-state index in [1.165, 1.54) is 32.1 Å². The molecule has 3 nitrogen and oxygen atoms in total. The number of amides is 1. The van der Waals surface area contributed by atoms with Crippen molar-refractivity contribution in [3.8, 4) is 5.75 Å². The number of hydrogen-bond donors (Lipinski definition) is 0. The Morgan fingerprint density at radius 3 is 2.50 bits per heavy atom. The van der Waals surface area contributed by atoms with Crippen LogP contribution in [-0.4, -0.2) is 29.5 Å². The summed E-state index contributed by atoms with van der Waals surface area (Å²) in [5, 5.41) is 0. The van der Waals surface area contributed by atoms with E-state index in [0.29, 0.717) is 6.04 Å². The van der Waals surface area contributed by atoms with Crippen LogP contribution in [0.1, 0.15) is 62.7 Å². The minimum atomic E-state index is 0.159. The zero-order valence-electron chi connectivity index (χ0n) is 13.8. The number of carbonyl (C=O) groups is 1. The van der Waals surface area contributed by atoms with Crippen LogP contribution >= 0.6 is 0 Å². The van der Waals surface area contributed by atoms with Gasteiger partial charge in [-0.3, -0.25) is 4.79 Å². The predicted octanol–water partition coefficient (Wildman–Crippen LogP) is 4.27. The van der Waals surface area contributed by atoms with E-state index in [1.807, 2.05) is 38.1 Å². The molecule has 0 aromatic heterocycles. The monoisotopic (exact) mass is 301 g/mol. The molecular weight excluding hydrogens is 274 g/mol. The molecule has 2 aliphatic rings. The van der Waals surface area contributed by atoms with E-state index in [4.69, 9.17) is 4.74 Å². The SMILES string of the molecule is CC(C)Oc1ccc(C(=O)N2CCC[C@@H]3CCCC[C@H]32)cc1. The van der Waals surface area contributed by atoms with Crippen LogP contribution in [0, 0.1) is 5.92 Å². The summed E-state index contributed by atoms with van der Waals surface area (Å²) in [4.78, 5) is 15.0. The fourth-order valence-electron chi connectivity index (χ4n) is 3.99. The van der Waals surface area contributed by atoms with E-state index in [1.54, 1.807) is 0 Å². The smallest absolute Gasteiger partial charge is 0.254 e. The van der Waals surface area contributed by atoms with Crippen LogP contribution in [0.25, 0.3) is 0 Å². The molecule has 1 heterocycles. The molecule has 0 unspecified atom stereocenters. The van der Waals surface area contributed by atoms with E-state index < -0.39 is 0 Å². The lowest BCUT2D eigenvalue weighted by Crippen LogP contribution is -2.49. The maximum absolute atomic E-state index is 12.9. The van der Waals surface area contributed by atoms with Crippen molar-refractivity contribution in [1.29, 1.82) is 0 Å². The van der Waals surface area contributed by atoms with Gasteiger partial charge in [0.15, 0.2) is 0 Å². The van der Waals surface area contributed by atoms with Crippen molar-refractivity contribution >= 4 is 5.91 Å². The second-order valence-corrected chi connectivity index (χ2v) is 6.94. The van der Waals surface area contributed by atoms with Crippen molar-refractivity contribution in [1.82, 2.24) is 4.90 Å². The maximum Gasteiger partial charge on any atom is 0.254 e. The number of carbonyl (C=O) groups excluding carboxylic acids is 1. The quantitative estimate of drug-likeness (QED) is 0.834. The molecule has 0 bridgehead atoms. The summed E-state index contributed by atoms with van der Waals surface area (Å²) in [6, 6.07) is 8.12. The van der Waals surface area contributed by atoms with Crippen molar-refractivity contribution in [3.63, 3.8) is 0 Å². The number of piperidine rings is 1. The highest BCUT2D eigenvalue weighted by atomic mass is 16.5. The van der Waals surface area contributed by atoms with Crippen LogP contribution in [0.2, 0.25) is 0 Å². The van der Waals surface area contributed by atoms with Gasteiger partial charge in [0.05, 0.1) is 6.10 Å². The summed E-state index contributed by atoms with van der Waals surface area (Å²) in [6.07, 6.45) is 7.71. The maximum atomic E-state index is 12.9. The van der Waals surface area contributed by atoms with Gasteiger partial charge in [0.1, 0.15) is 5.75 Å². The predicted molar refractivity (Wildman–Crippen MR) is 88.2 cm³/mol. The van der Waals surface area contributed by atoms with Crippen molar-refractivity contribution < 1.29 is 9.53 Å². The molecule has 2 atom stereocenters. The Hall–Kier alpha value is -1.51. The minimum absolute atomic E-state index is 0.159. The van der Waals surface area contributed by atoms with Gasteiger partial charge in [-0.25, -0.2) is 0 Å². The lowest BCUT2D eigenvalue weighted by molar-refractivity contribution is 0.0390. The van der Waals surface area contributed by atoms with Crippen LogP contribution in [-0.2, 0) is 0 Å². The van der Waals surface area contributed by atoms with Gasteiger partial charge in [-0.1, -0.05) is 12.8 Å². The molecule has 1 aromatic carbocycles. The molecule has 1 aliphatic carbocycles. The highest BCUT2D eigenvalue weighted by molar-refractivity contribution is 5.94. The second kappa shape index (κ2) is 6.72. The van der Waals surface area contributed by atoms with Crippen LogP contribution in [0.3, 0.4) is 0 Å². The molecule has 1 saturated heterocycles. The molecular formula is C19H27NO2. The Labute approximate surface area is 133 Å². The summed E-state index contributed by atoms with van der Waals surface area (Å²) < 4.78 is 5.66. The Kier molecular flexibility index (Phi) is 4.70. The van der Waals surface area contributed by atoms with Crippen LogP contribution in [0.5, 0.6) is 5.75 Å². The third kappa shape index (κ3) is 3.29. The highest BCUT2D eigenvalue weighted by Gasteiger charge is 2.35. The van der Waals surface area contributed by atoms with E-state index >= 15 is 0 Å². The summed E-state index contributed by atoms with van der Waals surface area (Å²) in [6.45, 7) is 4.94. The number of rotatable bonds is 3. The largest absolute Gasteiger partial charge is 0.491 e. The zero-order chi connectivity index (χ0) is 15.5. The summed E-state index contributed by atoms with van der Waals surface area (Å²) >= 11 is 0. The first-order valence-corrected chi connectivity index (χ1v) is 8.73. The van der Waals surface area contributed by atoms with Crippen LogP contribution < -0.4 is 4.74 Å². The highest BCUT2D eigenvalue weighted by Crippen LogP contribution is 2.36. The van der Waals surface area contributed by atoms with Crippen molar-refractivity contribution in [2.45, 2.75) is 64.5 Å². The van der Waals surface area contributed by atoms with E-state index in [0.717, 1.165) is 30.2 Å². The molecule has 22 heavy (non-hydrogen) atoms. The average molecular weight is 301 g/mol. The summed E-state index contributed by atoms with van der Waals surface area (Å²) in [5.74, 6) is 1.77. The van der Waals surface area contributed by atoms with E-state index in [-0.39, 0.29) is 12.0 Å². The first-order valence-electron chi connectivity index (χ1n) is 8.73. The molecule has 120 valence electrons. The normalized spacial score (nSPS) is 25.0. The lowest BCUT2D eigenvalue weighted by Gasteiger charge is -2.44. The third-order valence-corrected chi connectivity index (χ3v) is 4.98. The topological polar surface area (TPSA) is 29.5 Å². The van der Waals surface area contributed by atoms with Gasteiger partial charge in [0, 0.05) is 18.2 Å². The molecule has 1 amide bonds. The van der Waals surface area contributed by atoms with E-state index in [9.17, 15) is 4.79 Å². The number of nitrogens with zero attached hydrogens (tertiary/aromatic N) is 1. The Bertz CT molecular complexity index is 507. The number of fused-ring (bicyclic) bond motifs is 1. The minimum Gasteiger partial charge on any atom is -0.491 e. The van der Waals surface area contributed by atoms with Gasteiger partial charge >= 0.3 is 0 Å². The number of hydrogen-bond acceptors (Lipinski definition) is 2. The molecule has 0 radical (unpaired) electrons. The lowest BCUT2D eigenvalue weighted by atomic mass is 9.78. The average Bonchev–Trinajstić information content (AvgIpc) is 2.54. The van der Waals surface area contributed by atoms with Gasteiger partial charge in [0.2, 0.25) is 0 Å². The molecule has 2 fully saturated rings. The number of ether oxygens (including phenoxy) is 1. The molecule has 3 rings (SSSR count). The van der Waals surface area contributed by atoms with Gasteiger partial charge in [-0.2, -0.15) is 0 Å². The fraction of sp³-hybridized carbons (Fsp3) is 0.632. The fourth-order valence-corrected chi connectivity index (χ4v) is 3.99. The summed E-state index contributed by atoms with van der Waals surface area (Å²) in [7, 11) is 0. The van der Waals surface area contributed by atoms with Crippen molar-refractivity contribution in [3.05, 3.63) is 29.8 Å². The van der Waals surface area contributed by atoms with Gasteiger partial charge in [0.25, 0.3) is 5.91 Å². The molecule has 1 aromatic rings. The number of benzene rings is 1. The van der Waals surface area contributed by atoms with Crippen molar-refractivity contribution in [2.24, 2.45) is 5.92 Å². The van der Waals surface area contributed by atoms with Crippen molar-refractivity contribution in [2.75, 3.05) is 6.54 Å².